The number of H-pyrrole nitrogens is 2. The molecule has 0 radical (unpaired) electrons. The van der Waals surface area contributed by atoms with Gasteiger partial charge in [0.05, 0.1) is 16.6 Å². The summed E-state index contributed by atoms with van der Waals surface area (Å²) >= 11 is 0. The van der Waals surface area contributed by atoms with Crippen LogP contribution in [0.3, 0.4) is 0 Å². The molecule has 4 nitrogen and oxygen atoms in total. The van der Waals surface area contributed by atoms with Crippen molar-refractivity contribution in [1.82, 2.24) is 20.2 Å². The van der Waals surface area contributed by atoms with Crippen LogP contribution in [0.5, 0.6) is 0 Å². The van der Waals surface area contributed by atoms with Crippen molar-refractivity contribution in [2.75, 3.05) is 0 Å². The van der Waals surface area contributed by atoms with Gasteiger partial charge in [-0.1, -0.05) is 37.6 Å². The van der Waals surface area contributed by atoms with Crippen LogP contribution in [0.4, 0.5) is 0 Å². The van der Waals surface area contributed by atoms with Gasteiger partial charge < -0.3 is 4.98 Å². The fraction of sp³-hybridized carbons (Fsp3) is 0.176. The molecule has 0 aliphatic rings. The number of para-hydroxylation sites is 2. The first-order valence-electron chi connectivity index (χ1n) is 7.21. The van der Waals surface area contributed by atoms with Crippen molar-refractivity contribution >= 4 is 21.9 Å². The Bertz CT molecular complexity index is 853. The molecule has 0 fully saturated rings. The average Bonchev–Trinajstić information content (AvgIpc) is 3.11. The van der Waals surface area contributed by atoms with Crippen molar-refractivity contribution in [3.05, 3.63) is 48.0 Å². The Morgan fingerprint density at radius 3 is 2.57 bits per heavy atom. The largest absolute Gasteiger partial charge is 0.337 e. The van der Waals surface area contributed by atoms with Gasteiger partial charge in [0.1, 0.15) is 5.69 Å². The number of nitrogens with one attached hydrogen (secondary N) is 2. The third-order valence-electron chi connectivity index (χ3n) is 3.33. The first-order valence-corrected chi connectivity index (χ1v) is 7.21. The minimum absolute atomic E-state index is 0.804. The molecule has 2 aromatic heterocycles. The van der Waals surface area contributed by atoms with Gasteiger partial charge in [0.15, 0.2) is 5.82 Å². The van der Waals surface area contributed by atoms with Crippen LogP contribution in [-0.4, -0.2) is 20.2 Å². The summed E-state index contributed by atoms with van der Waals surface area (Å²) in [5, 5.41) is 8.53. The quantitative estimate of drug-likeness (QED) is 0.540. The summed E-state index contributed by atoms with van der Waals surface area (Å²) in [5.41, 5.74) is 5.10. The van der Waals surface area contributed by atoms with Gasteiger partial charge in [0.25, 0.3) is 0 Å². The monoisotopic (exact) mass is 278 g/mol. The highest BCUT2D eigenvalue weighted by Gasteiger charge is 2.12. The van der Waals surface area contributed by atoms with Crippen LogP contribution in [0.2, 0.25) is 0 Å². The zero-order valence-electron chi connectivity index (χ0n) is 12.4. The maximum atomic E-state index is 4.60. The molecule has 106 valence electrons. The van der Waals surface area contributed by atoms with Crippen LogP contribution >= 0.6 is 0 Å². The molecule has 0 bridgehead atoms. The van der Waals surface area contributed by atoms with Crippen molar-refractivity contribution in [2.24, 2.45) is 0 Å². The minimum Gasteiger partial charge on any atom is -0.337 e. The smallest absolute Gasteiger partial charge is 0.159 e. The highest BCUT2D eigenvalue weighted by atomic mass is 15.1. The number of hydrogen-bond donors (Lipinski definition) is 2. The van der Waals surface area contributed by atoms with Gasteiger partial charge in [0, 0.05) is 5.39 Å². The van der Waals surface area contributed by atoms with Crippen LogP contribution in [-0.2, 0) is 0 Å². The molecule has 4 rings (SSSR count). The minimum atomic E-state index is 0.804. The SMILES string of the molecule is CC.Cc1ccc2[nH]nc(-c3nc4ccccc4[nH]3)c2c1. The summed E-state index contributed by atoms with van der Waals surface area (Å²) in [6.45, 7) is 6.08. The number of nitrogens with zero attached hydrogens (tertiary/aromatic N) is 2. The topological polar surface area (TPSA) is 57.4 Å². The van der Waals surface area contributed by atoms with Crippen molar-refractivity contribution in [1.29, 1.82) is 0 Å². The van der Waals surface area contributed by atoms with Crippen molar-refractivity contribution in [2.45, 2.75) is 20.8 Å². The number of hydrogen-bond acceptors (Lipinski definition) is 2. The van der Waals surface area contributed by atoms with Gasteiger partial charge in [-0.3, -0.25) is 5.10 Å². The van der Waals surface area contributed by atoms with Crippen LogP contribution in [0.1, 0.15) is 19.4 Å². The molecule has 0 saturated heterocycles. The van der Waals surface area contributed by atoms with Gasteiger partial charge in [0.2, 0.25) is 0 Å². The average molecular weight is 278 g/mol. The van der Waals surface area contributed by atoms with E-state index in [4.69, 9.17) is 0 Å². The van der Waals surface area contributed by atoms with Gasteiger partial charge in [-0.05, 0) is 31.2 Å². The molecule has 4 aromatic rings. The lowest BCUT2D eigenvalue weighted by molar-refractivity contribution is 1.11. The van der Waals surface area contributed by atoms with Gasteiger partial charge >= 0.3 is 0 Å². The van der Waals surface area contributed by atoms with Crippen LogP contribution < -0.4 is 0 Å². The zero-order chi connectivity index (χ0) is 14.8. The number of aromatic amines is 2. The maximum absolute atomic E-state index is 4.60. The van der Waals surface area contributed by atoms with Crippen molar-refractivity contribution < 1.29 is 0 Å². The molecule has 2 heterocycles. The molecule has 2 N–H and O–H groups in total. The van der Waals surface area contributed by atoms with E-state index in [1.807, 2.05) is 44.2 Å². The highest BCUT2D eigenvalue weighted by Crippen LogP contribution is 2.26. The molecule has 0 unspecified atom stereocenters. The molecule has 0 atom stereocenters. The van der Waals surface area contributed by atoms with Gasteiger partial charge in [-0.25, -0.2) is 4.98 Å². The second kappa shape index (κ2) is 5.40. The highest BCUT2D eigenvalue weighted by molar-refractivity contribution is 5.93. The van der Waals surface area contributed by atoms with E-state index in [9.17, 15) is 0 Å². The van der Waals surface area contributed by atoms with Crippen LogP contribution in [0, 0.1) is 6.92 Å². The molecule has 0 amide bonds. The number of fused-ring (bicyclic) bond motifs is 2. The molecular weight excluding hydrogens is 260 g/mol. The van der Waals surface area contributed by atoms with Gasteiger partial charge in [-0.15, -0.1) is 0 Å². The fourth-order valence-corrected chi connectivity index (χ4v) is 2.37. The molecule has 4 heteroatoms. The van der Waals surface area contributed by atoms with Crippen molar-refractivity contribution in [3.63, 3.8) is 0 Å². The summed E-state index contributed by atoms with van der Waals surface area (Å²) in [6, 6.07) is 14.2. The summed E-state index contributed by atoms with van der Waals surface area (Å²) in [5.74, 6) is 0.804. The fourth-order valence-electron chi connectivity index (χ4n) is 2.37. The standard InChI is InChI=1S/C15H12N4.C2H6/c1-9-6-7-11-10(8-9)14(19-18-11)15-16-12-4-2-3-5-13(12)17-15;1-2/h2-8H,1H3,(H,16,17)(H,18,19);1-2H3. The van der Waals surface area contributed by atoms with E-state index in [1.54, 1.807) is 0 Å². The molecular formula is C17H18N4. The summed E-state index contributed by atoms with van der Waals surface area (Å²) in [6.07, 6.45) is 0. The Morgan fingerprint density at radius 2 is 1.76 bits per heavy atom. The van der Waals surface area contributed by atoms with E-state index >= 15 is 0 Å². The summed E-state index contributed by atoms with van der Waals surface area (Å²) in [4.78, 5) is 7.91. The van der Waals surface area contributed by atoms with Crippen LogP contribution in [0.15, 0.2) is 42.5 Å². The molecule has 0 saturated carbocycles. The predicted octanol–water partition coefficient (Wildman–Crippen LogP) is 4.44. The predicted molar refractivity (Wildman–Crippen MR) is 87.3 cm³/mol. The molecule has 0 aliphatic carbocycles. The van der Waals surface area contributed by atoms with E-state index in [1.165, 1.54) is 5.56 Å². The number of aryl methyl sites for hydroxylation is 1. The molecule has 0 spiro atoms. The Balaban J connectivity index is 0.000000636. The number of aromatic nitrogens is 4. The number of benzene rings is 2. The number of imidazole rings is 1. The molecule has 2 aromatic carbocycles. The van der Waals surface area contributed by atoms with E-state index < -0.39 is 0 Å². The van der Waals surface area contributed by atoms with E-state index in [-0.39, 0.29) is 0 Å². The van der Waals surface area contributed by atoms with E-state index in [0.717, 1.165) is 33.5 Å². The lowest BCUT2D eigenvalue weighted by Crippen LogP contribution is -1.81. The summed E-state index contributed by atoms with van der Waals surface area (Å²) < 4.78 is 0. The maximum Gasteiger partial charge on any atom is 0.159 e. The second-order valence-electron chi connectivity index (χ2n) is 4.72. The van der Waals surface area contributed by atoms with Gasteiger partial charge in [-0.2, -0.15) is 5.10 Å². The second-order valence-corrected chi connectivity index (χ2v) is 4.72. The Morgan fingerprint density at radius 1 is 0.952 bits per heavy atom. The Hall–Kier alpha value is -2.62. The first-order chi connectivity index (χ1) is 10.3. The lowest BCUT2D eigenvalue weighted by atomic mass is 10.1. The number of rotatable bonds is 1. The zero-order valence-corrected chi connectivity index (χ0v) is 12.4. The third kappa shape index (κ3) is 2.29. The van der Waals surface area contributed by atoms with Crippen LogP contribution in [0.25, 0.3) is 33.5 Å². The Labute approximate surface area is 123 Å². The third-order valence-corrected chi connectivity index (χ3v) is 3.33. The first kappa shape index (κ1) is 13.4. The van der Waals surface area contributed by atoms with Crippen molar-refractivity contribution in [3.8, 4) is 11.5 Å². The van der Waals surface area contributed by atoms with E-state index in [0.29, 0.717) is 0 Å². The van der Waals surface area contributed by atoms with E-state index in [2.05, 4.69) is 39.2 Å². The molecule has 0 aliphatic heterocycles. The Kier molecular flexibility index (Phi) is 3.44. The molecule has 21 heavy (non-hydrogen) atoms. The normalized spacial score (nSPS) is 10.6. The summed E-state index contributed by atoms with van der Waals surface area (Å²) in [7, 11) is 0. The lowest BCUT2D eigenvalue weighted by Gasteiger charge is -1.94.